The number of methoxy groups -OCH3 is 1. The van der Waals surface area contributed by atoms with E-state index in [1.165, 1.54) is 0 Å². The topological polar surface area (TPSA) is 38.8 Å². The molecule has 1 aliphatic heterocycles. The minimum atomic E-state index is 0.106. The second-order valence-electron chi connectivity index (χ2n) is 3.59. The van der Waals surface area contributed by atoms with E-state index in [0.717, 1.165) is 6.42 Å². The van der Waals surface area contributed by atoms with Gasteiger partial charge in [0.25, 0.3) is 0 Å². The van der Waals surface area contributed by atoms with Crippen molar-refractivity contribution in [1.82, 2.24) is 4.90 Å². The molecule has 0 spiro atoms. The number of hydrogen-bond donors (Lipinski definition) is 0. The van der Waals surface area contributed by atoms with Crippen molar-refractivity contribution in [2.45, 2.75) is 32.4 Å². The average Bonchev–Trinajstić information content (AvgIpc) is 2.49. The first-order chi connectivity index (χ1) is 6.69. The van der Waals surface area contributed by atoms with Crippen LogP contribution >= 0.6 is 0 Å². The molecule has 0 aliphatic carbocycles. The van der Waals surface area contributed by atoms with E-state index in [0.29, 0.717) is 19.8 Å². The van der Waals surface area contributed by atoms with Gasteiger partial charge in [0.05, 0.1) is 18.8 Å². The normalized spacial score (nSPS) is 26.9. The molecule has 0 aromatic carbocycles. The first-order valence-corrected chi connectivity index (χ1v) is 5.06. The van der Waals surface area contributed by atoms with E-state index in [-0.39, 0.29) is 18.1 Å². The molecule has 14 heavy (non-hydrogen) atoms. The summed E-state index contributed by atoms with van der Waals surface area (Å²) in [7, 11) is 1.66. The number of carbonyl (C=O) groups excluding carboxylic acids is 1. The number of nitrogens with zero attached hydrogens (tertiary/aromatic N) is 1. The third kappa shape index (κ3) is 2.69. The van der Waals surface area contributed by atoms with Crippen molar-refractivity contribution in [3.63, 3.8) is 0 Å². The molecule has 0 bridgehead atoms. The molecule has 0 radical (unpaired) electrons. The maximum Gasteiger partial charge on any atom is 0.219 e. The van der Waals surface area contributed by atoms with Gasteiger partial charge >= 0.3 is 0 Å². The van der Waals surface area contributed by atoms with Gasteiger partial charge in [-0.15, -0.1) is 0 Å². The lowest BCUT2D eigenvalue weighted by atomic mass is 10.2. The van der Waals surface area contributed by atoms with E-state index < -0.39 is 0 Å². The van der Waals surface area contributed by atoms with Crippen LogP contribution in [0.25, 0.3) is 0 Å². The van der Waals surface area contributed by atoms with E-state index in [1.807, 2.05) is 11.8 Å². The minimum Gasteiger partial charge on any atom is -0.383 e. The first kappa shape index (κ1) is 11.5. The highest BCUT2D eigenvalue weighted by Gasteiger charge is 2.33. The fourth-order valence-electron chi connectivity index (χ4n) is 1.97. The number of likely N-dealkylation sites (tertiary alicyclic amines) is 1. The Morgan fingerprint density at radius 2 is 2.29 bits per heavy atom. The van der Waals surface area contributed by atoms with Crippen LogP contribution in [0.4, 0.5) is 0 Å². The molecule has 0 aromatic rings. The Kier molecular flexibility index (Phi) is 4.35. The number of amides is 1. The molecule has 1 amide bonds. The standard InChI is InChI=1S/C10H19NO3/c1-4-14-10-5-9(7-13-3)11(6-10)8(2)12/h9-10H,4-7H2,1-3H3/t9-,10+/m0/s1. The van der Waals surface area contributed by atoms with E-state index in [1.54, 1.807) is 14.0 Å². The van der Waals surface area contributed by atoms with Gasteiger partial charge in [-0.1, -0.05) is 0 Å². The van der Waals surface area contributed by atoms with Crippen LogP contribution in [-0.2, 0) is 14.3 Å². The molecule has 1 heterocycles. The van der Waals surface area contributed by atoms with Gasteiger partial charge < -0.3 is 14.4 Å². The molecule has 1 aliphatic rings. The Bertz CT molecular complexity index is 196. The maximum atomic E-state index is 11.3. The van der Waals surface area contributed by atoms with Crippen molar-refractivity contribution in [2.75, 3.05) is 26.9 Å². The molecule has 0 saturated carbocycles. The molecule has 1 rings (SSSR count). The molecule has 82 valence electrons. The van der Waals surface area contributed by atoms with Gasteiger partial charge in [-0.2, -0.15) is 0 Å². The predicted molar refractivity (Wildman–Crippen MR) is 53.1 cm³/mol. The summed E-state index contributed by atoms with van der Waals surface area (Å²) in [5, 5.41) is 0. The fraction of sp³-hybridized carbons (Fsp3) is 0.900. The van der Waals surface area contributed by atoms with Crippen molar-refractivity contribution in [2.24, 2.45) is 0 Å². The number of rotatable bonds is 4. The molecule has 4 nitrogen and oxygen atoms in total. The number of hydrogen-bond acceptors (Lipinski definition) is 3. The van der Waals surface area contributed by atoms with Crippen LogP contribution in [0, 0.1) is 0 Å². The van der Waals surface area contributed by atoms with Crippen molar-refractivity contribution in [3.8, 4) is 0 Å². The molecular formula is C10H19NO3. The van der Waals surface area contributed by atoms with Crippen molar-refractivity contribution >= 4 is 5.91 Å². The van der Waals surface area contributed by atoms with E-state index in [2.05, 4.69) is 0 Å². The van der Waals surface area contributed by atoms with Gasteiger partial charge in [0.2, 0.25) is 5.91 Å². The minimum absolute atomic E-state index is 0.106. The summed E-state index contributed by atoms with van der Waals surface area (Å²) in [4.78, 5) is 13.1. The average molecular weight is 201 g/mol. The summed E-state index contributed by atoms with van der Waals surface area (Å²) in [5.74, 6) is 0.106. The lowest BCUT2D eigenvalue weighted by Gasteiger charge is -2.21. The second-order valence-corrected chi connectivity index (χ2v) is 3.59. The lowest BCUT2D eigenvalue weighted by Crippen LogP contribution is -2.36. The largest absolute Gasteiger partial charge is 0.383 e. The maximum absolute atomic E-state index is 11.3. The van der Waals surface area contributed by atoms with Crippen LogP contribution in [0.2, 0.25) is 0 Å². The molecule has 0 N–H and O–H groups in total. The van der Waals surface area contributed by atoms with E-state index in [9.17, 15) is 4.79 Å². The molecule has 2 atom stereocenters. The summed E-state index contributed by atoms with van der Waals surface area (Å²) >= 11 is 0. The molecule has 4 heteroatoms. The summed E-state index contributed by atoms with van der Waals surface area (Å²) in [5.41, 5.74) is 0. The van der Waals surface area contributed by atoms with Crippen molar-refractivity contribution in [3.05, 3.63) is 0 Å². The third-order valence-corrected chi connectivity index (χ3v) is 2.54. The van der Waals surface area contributed by atoms with Crippen LogP contribution in [0.3, 0.4) is 0 Å². The van der Waals surface area contributed by atoms with Gasteiger partial charge in [-0.25, -0.2) is 0 Å². The second kappa shape index (κ2) is 5.32. The fourth-order valence-corrected chi connectivity index (χ4v) is 1.97. The highest BCUT2D eigenvalue weighted by atomic mass is 16.5. The lowest BCUT2D eigenvalue weighted by molar-refractivity contribution is -0.130. The highest BCUT2D eigenvalue weighted by Crippen LogP contribution is 2.20. The van der Waals surface area contributed by atoms with Crippen LogP contribution in [0.1, 0.15) is 20.3 Å². The Balaban J connectivity index is 2.51. The van der Waals surface area contributed by atoms with Crippen LogP contribution in [0.15, 0.2) is 0 Å². The SMILES string of the molecule is CCO[C@@H]1C[C@@H](COC)N(C(C)=O)C1. The highest BCUT2D eigenvalue weighted by molar-refractivity contribution is 5.74. The summed E-state index contributed by atoms with van der Waals surface area (Å²) in [6.45, 7) is 5.58. The van der Waals surface area contributed by atoms with Gasteiger partial charge in [0.1, 0.15) is 0 Å². The van der Waals surface area contributed by atoms with Gasteiger partial charge in [-0.05, 0) is 13.3 Å². The van der Waals surface area contributed by atoms with Crippen molar-refractivity contribution in [1.29, 1.82) is 0 Å². The monoisotopic (exact) mass is 201 g/mol. The van der Waals surface area contributed by atoms with Gasteiger partial charge in [0.15, 0.2) is 0 Å². The Labute approximate surface area is 85.2 Å². The van der Waals surface area contributed by atoms with Crippen LogP contribution in [-0.4, -0.2) is 49.8 Å². The number of ether oxygens (including phenoxy) is 2. The molecular weight excluding hydrogens is 182 g/mol. The zero-order valence-corrected chi connectivity index (χ0v) is 9.16. The molecule has 1 fully saturated rings. The van der Waals surface area contributed by atoms with Crippen molar-refractivity contribution < 1.29 is 14.3 Å². The molecule has 0 aromatic heterocycles. The Morgan fingerprint density at radius 3 is 2.79 bits per heavy atom. The Morgan fingerprint density at radius 1 is 1.57 bits per heavy atom. The third-order valence-electron chi connectivity index (χ3n) is 2.54. The van der Waals surface area contributed by atoms with Crippen LogP contribution < -0.4 is 0 Å². The van der Waals surface area contributed by atoms with Crippen LogP contribution in [0.5, 0.6) is 0 Å². The number of carbonyl (C=O) groups is 1. The smallest absolute Gasteiger partial charge is 0.219 e. The summed E-state index contributed by atoms with van der Waals surface area (Å²) in [6, 6.07) is 0.189. The van der Waals surface area contributed by atoms with Gasteiger partial charge in [-0.3, -0.25) is 4.79 Å². The molecule has 0 unspecified atom stereocenters. The predicted octanol–water partition coefficient (Wildman–Crippen LogP) is 0.659. The quantitative estimate of drug-likeness (QED) is 0.670. The zero-order chi connectivity index (χ0) is 10.6. The Hall–Kier alpha value is -0.610. The first-order valence-electron chi connectivity index (χ1n) is 5.06. The molecule has 1 saturated heterocycles. The van der Waals surface area contributed by atoms with Gasteiger partial charge in [0, 0.05) is 27.2 Å². The van der Waals surface area contributed by atoms with E-state index in [4.69, 9.17) is 9.47 Å². The summed E-state index contributed by atoms with van der Waals surface area (Å²) in [6.07, 6.45) is 1.07. The summed E-state index contributed by atoms with van der Waals surface area (Å²) < 4.78 is 10.6. The zero-order valence-electron chi connectivity index (χ0n) is 9.16. The van der Waals surface area contributed by atoms with E-state index >= 15 is 0 Å².